The van der Waals surface area contributed by atoms with Crippen molar-refractivity contribution in [1.82, 2.24) is 10.2 Å². The van der Waals surface area contributed by atoms with Crippen molar-refractivity contribution in [2.75, 3.05) is 46.7 Å². The quantitative estimate of drug-likeness (QED) is 0.697. The first-order chi connectivity index (χ1) is 9.80. The van der Waals surface area contributed by atoms with Gasteiger partial charge in [0.1, 0.15) is 0 Å². The highest BCUT2D eigenvalue weighted by molar-refractivity contribution is 7.90. The van der Waals surface area contributed by atoms with E-state index in [2.05, 4.69) is 17.1 Å². The molecule has 1 N–H and O–H groups in total. The zero-order valence-corrected chi connectivity index (χ0v) is 14.1. The summed E-state index contributed by atoms with van der Waals surface area (Å²) in [6, 6.07) is 7.16. The standard InChI is InChI=1S/C15H26N2O3S/c1-13(16-9-11-20-12-10-17(2)3)14-5-7-15(8-6-14)21(4,18)19/h5-8,13,16H,9-12H2,1-4H3. The Bertz CT molecular complexity index is 512. The minimum atomic E-state index is -3.12. The third-order valence-corrected chi connectivity index (χ3v) is 4.32. The molecule has 0 fully saturated rings. The topological polar surface area (TPSA) is 58.6 Å². The van der Waals surface area contributed by atoms with Crippen LogP contribution in [0, 0.1) is 0 Å². The first-order valence-corrected chi connectivity index (χ1v) is 8.95. The second-order valence-electron chi connectivity index (χ2n) is 5.43. The molecule has 0 amide bonds. The van der Waals surface area contributed by atoms with Gasteiger partial charge in [0.25, 0.3) is 0 Å². The van der Waals surface area contributed by atoms with E-state index >= 15 is 0 Å². The monoisotopic (exact) mass is 314 g/mol. The molecular formula is C15H26N2O3S. The van der Waals surface area contributed by atoms with E-state index in [1.807, 2.05) is 26.2 Å². The predicted octanol–water partition coefficient (Wildman–Crippen LogP) is 1.32. The van der Waals surface area contributed by atoms with Gasteiger partial charge in [-0.2, -0.15) is 0 Å². The molecular weight excluding hydrogens is 288 g/mol. The molecule has 0 radical (unpaired) electrons. The zero-order chi connectivity index (χ0) is 15.9. The second kappa shape index (κ2) is 8.48. The van der Waals surface area contributed by atoms with Gasteiger partial charge in [-0.25, -0.2) is 8.42 Å². The Balaban J connectivity index is 2.34. The van der Waals surface area contributed by atoms with Crippen LogP contribution in [0.2, 0.25) is 0 Å². The molecule has 1 aromatic rings. The molecule has 0 heterocycles. The summed E-state index contributed by atoms with van der Waals surface area (Å²) in [6.07, 6.45) is 1.22. The lowest BCUT2D eigenvalue weighted by molar-refractivity contribution is 0.118. The summed E-state index contributed by atoms with van der Waals surface area (Å²) >= 11 is 0. The molecule has 5 nitrogen and oxygen atoms in total. The van der Waals surface area contributed by atoms with Crippen molar-refractivity contribution in [1.29, 1.82) is 0 Å². The fourth-order valence-corrected chi connectivity index (χ4v) is 2.45. The molecule has 1 aromatic carbocycles. The van der Waals surface area contributed by atoms with Gasteiger partial charge in [0.2, 0.25) is 0 Å². The maximum atomic E-state index is 11.4. The molecule has 21 heavy (non-hydrogen) atoms. The average molecular weight is 314 g/mol. The normalized spacial score (nSPS) is 13.6. The van der Waals surface area contributed by atoms with Crippen LogP contribution in [0.5, 0.6) is 0 Å². The SMILES string of the molecule is CC(NCCOCCN(C)C)c1ccc(S(C)(=O)=O)cc1. The van der Waals surface area contributed by atoms with Gasteiger partial charge in [-0.05, 0) is 38.7 Å². The highest BCUT2D eigenvalue weighted by Crippen LogP contribution is 2.15. The Morgan fingerprint density at radius 3 is 2.33 bits per heavy atom. The number of nitrogens with one attached hydrogen (secondary N) is 1. The van der Waals surface area contributed by atoms with Crippen molar-refractivity contribution in [3.63, 3.8) is 0 Å². The molecule has 0 aromatic heterocycles. The van der Waals surface area contributed by atoms with E-state index in [-0.39, 0.29) is 6.04 Å². The number of nitrogens with zero attached hydrogens (tertiary/aromatic N) is 1. The number of likely N-dealkylation sites (N-methyl/N-ethyl adjacent to an activating group) is 1. The van der Waals surface area contributed by atoms with E-state index in [1.54, 1.807) is 12.1 Å². The van der Waals surface area contributed by atoms with Crippen LogP contribution in [0.4, 0.5) is 0 Å². The third-order valence-electron chi connectivity index (χ3n) is 3.19. The third kappa shape index (κ3) is 7.04. The van der Waals surface area contributed by atoms with E-state index in [1.165, 1.54) is 6.26 Å². The Labute approximate surface area is 128 Å². The van der Waals surface area contributed by atoms with Gasteiger partial charge in [-0.1, -0.05) is 12.1 Å². The maximum absolute atomic E-state index is 11.4. The Kier molecular flexibility index (Phi) is 7.31. The van der Waals surface area contributed by atoms with Crippen LogP contribution in [0.3, 0.4) is 0 Å². The molecule has 1 rings (SSSR count). The van der Waals surface area contributed by atoms with E-state index in [4.69, 9.17) is 4.74 Å². The molecule has 0 spiro atoms. The minimum absolute atomic E-state index is 0.163. The largest absolute Gasteiger partial charge is 0.379 e. The van der Waals surface area contributed by atoms with Crippen molar-refractivity contribution in [2.24, 2.45) is 0 Å². The smallest absolute Gasteiger partial charge is 0.175 e. The Morgan fingerprint density at radius 1 is 1.19 bits per heavy atom. The van der Waals surface area contributed by atoms with Crippen LogP contribution in [-0.4, -0.2) is 60.0 Å². The average Bonchev–Trinajstić information content (AvgIpc) is 2.41. The summed E-state index contributed by atoms with van der Waals surface area (Å²) in [4.78, 5) is 2.44. The Hall–Kier alpha value is -0.950. The molecule has 120 valence electrons. The van der Waals surface area contributed by atoms with Gasteiger partial charge >= 0.3 is 0 Å². The number of benzene rings is 1. The van der Waals surface area contributed by atoms with E-state index in [9.17, 15) is 8.42 Å². The first-order valence-electron chi connectivity index (χ1n) is 7.06. The zero-order valence-electron chi connectivity index (χ0n) is 13.3. The lowest BCUT2D eigenvalue weighted by Crippen LogP contribution is -2.25. The van der Waals surface area contributed by atoms with Crippen LogP contribution < -0.4 is 5.32 Å². The molecule has 1 unspecified atom stereocenters. The van der Waals surface area contributed by atoms with Crippen LogP contribution in [-0.2, 0) is 14.6 Å². The highest BCUT2D eigenvalue weighted by Gasteiger charge is 2.09. The number of hydrogen-bond donors (Lipinski definition) is 1. The summed E-state index contributed by atoms with van der Waals surface area (Å²) in [5.41, 5.74) is 1.07. The van der Waals surface area contributed by atoms with E-state index in [0.29, 0.717) is 11.5 Å². The van der Waals surface area contributed by atoms with Crippen molar-refractivity contribution >= 4 is 9.84 Å². The maximum Gasteiger partial charge on any atom is 0.175 e. The van der Waals surface area contributed by atoms with Crippen molar-refractivity contribution < 1.29 is 13.2 Å². The number of sulfone groups is 1. The fourth-order valence-electron chi connectivity index (χ4n) is 1.82. The van der Waals surface area contributed by atoms with Crippen molar-refractivity contribution in [3.05, 3.63) is 29.8 Å². The van der Waals surface area contributed by atoms with E-state index < -0.39 is 9.84 Å². The van der Waals surface area contributed by atoms with Crippen LogP contribution >= 0.6 is 0 Å². The second-order valence-corrected chi connectivity index (χ2v) is 7.45. The molecule has 6 heteroatoms. The van der Waals surface area contributed by atoms with E-state index in [0.717, 1.165) is 25.3 Å². The lowest BCUT2D eigenvalue weighted by atomic mass is 10.1. The fraction of sp³-hybridized carbons (Fsp3) is 0.600. The molecule has 0 saturated carbocycles. The van der Waals surface area contributed by atoms with Crippen molar-refractivity contribution in [2.45, 2.75) is 17.9 Å². The summed E-state index contributed by atoms with van der Waals surface area (Å²) < 4.78 is 28.3. The summed E-state index contributed by atoms with van der Waals surface area (Å²) in [7, 11) is 0.911. The summed E-state index contributed by atoms with van der Waals surface area (Å²) in [6.45, 7) is 5.13. The highest BCUT2D eigenvalue weighted by atomic mass is 32.2. The minimum Gasteiger partial charge on any atom is -0.379 e. The van der Waals surface area contributed by atoms with Gasteiger partial charge < -0.3 is 15.0 Å². The molecule has 0 saturated heterocycles. The van der Waals surface area contributed by atoms with Crippen LogP contribution in [0.25, 0.3) is 0 Å². The lowest BCUT2D eigenvalue weighted by Gasteiger charge is -2.15. The van der Waals surface area contributed by atoms with Gasteiger partial charge in [0, 0.05) is 25.4 Å². The number of hydrogen-bond acceptors (Lipinski definition) is 5. The molecule has 0 bridgehead atoms. The molecule has 1 atom stereocenters. The van der Waals surface area contributed by atoms with Crippen LogP contribution in [0.15, 0.2) is 29.2 Å². The number of rotatable bonds is 9. The molecule has 0 aliphatic heterocycles. The van der Waals surface area contributed by atoms with Gasteiger partial charge in [-0.15, -0.1) is 0 Å². The van der Waals surface area contributed by atoms with Gasteiger partial charge in [0.15, 0.2) is 9.84 Å². The van der Waals surface area contributed by atoms with Gasteiger partial charge in [-0.3, -0.25) is 0 Å². The van der Waals surface area contributed by atoms with Crippen LogP contribution in [0.1, 0.15) is 18.5 Å². The first kappa shape index (κ1) is 18.1. The Morgan fingerprint density at radius 2 is 1.81 bits per heavy atom. The number of ether oxygens (including phenoxy) is 1. The molecule has 0 aliphatic rings. The predicted molar refractivity (Wildman–Crippen MR) is 85.3 cm³/mol. The summed E-state index contributed by atoms with van der Waals surface area (Å²) in [5.74, 6) is 0. The molecule has 0 aliphatic carbocycles. The summed E-state index contributed by atoms with van der Waals surface area (Å²) in [5, 5.41) is 3.36. The van der Waals surface area contributed by atoms with Gasteiger partial charge in [0.05, 0.1) is 18.1 Å². The van der Waals surface area contributed by atoms with Crippen molar-refractivity contribution in [3.8, 4) is 0 Å².